The maximum Gasteiger partial charge on any atom is 0.259 e. The van der Waals surface area contributed by atoms with Crippen LogP contribution in [0, 0.1) is 0 Å². The molecule has 0 radical (unpaired) electrons. The lowest BCUT2D eigenvalue weighted by Gasteiger charge is -2.10. The first kappa shape index (κ1) is 16.7. The fraction of sp³-hybridized carbons (Fsp3) is 0.0476. The minimum Gasteiger partial charge on any atom is -0.496 e. The molecule has 2 aromatic carbocycles. The van der Waals surface area contributed by atoms with Gasteiger partial charge in [0.15, 0.2) is 5.76 Å². The van der Waals surface area contributed by atoms with E-state index < -0.39 is 0 Å². The van der Waals surface area contributed by atoms with Crippen LogP contribution >= 0.6 is 0 Å². The van der Waals surface area contributed by atoms with Crippen molar-refractivity contribution in [3.63, 3.8) is 0 Å². The molecule has 2 heterocycles. The molecule has 4 aromatic rings. The highest BCUT2D eigenvalue weighted by Crippen LogP contribution is 2.35. The Morgan fingerprint density at radius 2 is 1.81 bits per heavy atom. The van der Waals surface area contributed by atoms with E-state index in [0.29, 0.717) is 34.1 Å². The van der Waals surface area contributed by atoms with Gasteiger partial charge in [-0.05, 0) is 24.3 Å². The summed E-state index contributed by atoms with van der Waals surface area (Å²) in [4.78, 5) is 12.9. The van der Waals surface area contributed by atoms with E-state index in [0.717, 1.165) is 5.56 Å². The standard InChI is InChI=1S/C21H17N3O3/c1-26-16-11-6-5-10-15(16)21(25)22-20-18(14-8-3-2-4-9-14)23-24-19(20)17-12-7-13-27-17/h2-13H,1H3,(H,22,25)(H,23,24). The number of ether oxygens (including phenoxy) is 1. The summed E-state index contributed by atoms with van der Waals surface area (Å²) in [5.74, 6) is 0.790. The number of benzene rings is 2. The summed E-state index contributed by atoms with van der Waals surface area (Å²) in [7, 11) is 1.54. The van der Waals surface area contributed by atoms with E-state index in [-0.39, 0.29) is 5.91 Å². The summed E-state index contributed by atoms with van der Waals surface area (Å²) in [6.45, 7) is 0. The molecule has 27 heavy (non-hydrogen) atoms. The molecule has 0 aliphatic carbocycles. The number of rotatable bonds is 5. The van der Waals surface area contributed by atoms with Crippen LogP contribution in [0.4, 0.5) is 5.69 Å². The Bertz CT molecular complexity index is 1050. The number of hydrogen-bond donors (Lipinski definition) is 2. The number of para-hydroxylation sites is 1. The van der Waals surface area contributed by atoms with Gasteiger partial charge in [0.1, 0.15) is 17.1 Å². The lowest BCUT2D eigenvalue weighted by Crippen LogP contribution is -2.14. The molecule has 0 atom stereocenters. The number of amides is 1. The zero-order valence-electron chi connectivity index (χ0n) is 14.6. The van der Waals surface area contributed by atoms with E-state index >= 15 is 0 Å². The Balaban J connectivity index is 1.78. The third kappa shape index (κ3) is 3.20. The zero-order valence-corrected chi connectivity index (χ0v) is 14.6. The predicted octanol–water partition coefficient (Wildman–Crippen LogP) is 4.60. The van der Waals surface area contributed by atoms with E-state index in [9.17, 15) is 4.79 Å². The Kier molecular flexibility index (Phi) is 4.45. The first-order chi connectivity index (χ1) is 13.3. The Hall–Kier alpha value is -3.80. The number of nitrogens with one attached hydrogen (secondary N) is 2. The zero-order chi connectivity index (χ0) is 18.6. The lowest BCUT2D eigenvalue weighted by molar-refractivity contribution is 0.102. The highest BCUT2D eigenvalue weighted by molar-refractivity contribution is 6.09. The number of aromatic amines is 1. The van der Waals surface area contributed by atoms with Gasteiger partial charge in [-0.1, -0.05) is 42.5 Å². The largest absolute Gasteiger partial charge is 0.496 e. The van der Waals surface area contributed by atoms with E-state index in [1.54, 1.807) is 36.6 Å². The van der Waals surface area contributed by atoms with Crippen LogP contribution in [0.1, 0.15) is 10.4 Å². The number of carbonyl (C=O) groups excluding carboxylic acids is 1. The van der Waals surface area contributed by atoms with Gasteiger partial charge in [-0.2, -0.15) is 5.10 Å². The molecule has 0 unspecified atom stereocenters. The quantitative estimate of drug-likeness (QED) is 0.546. The van der Waals surface area contributed by atoms with Crippen molar-refractivity contribution in [1.29, 1.82) is 0 Å². The van der Waals surface area contributed by atoms with Crippen molar-refractivity contribution in [2.24, 2.45) is 0 Å². The number of anilines is 1. The molecule has 0 saturated carbocycles. The molecule has 0 fully saturated rings. The lowest BCUT2D eigenvalue weighted by atomic mass is 10.1. The summed E-state index contributed by atoms with van der Waals surface area (Å²) in [5.41, 5.74) is 3.09. The van der Waals surface area contributed by atoms with Crippen molar-refractivity contribution in [1.82, 2.24) is 10.2 Å². The smallest absolute Gasteiger partial charge is 0.259 e. The van der Waals surface area contributed by atoms with E-state index in [1.165, 1.54) is 7.11 Å². The molecule has 2 aromatic heterocycles. The van der Waals surface area contributed by atoms with Crippen molar-refractivity contribution in [2.75, 3.05) is 12.4 Å². The molecule has 0 bridgehead atoms. The second kappa shape index (κ2) is 7.21. The van der Waals surface area contributed by atoms with Gasteiger partial charge < -0.3 is 14.5 Å². The summed E-state index contributed by atoms with van der Waals surface area (Å²) in [5, 5.41) is 10.3. The van der Waals surface area contributed by atoms with Crippen molar-refractivity contribution in [3.05, 3.63) is 78.6 Å². The van der Waals surface area contributed by atoms with Crippen molar-refractivity contribution in [2.45, 2.75) is 0 Å². The average Bonchev–Trinajstić information content (AvgIpc) is 3.38. The second-order valence-corrected chi connectivity index (χ2v) is 5.82. The SMILES string of the molecule is COc1ccccc1C(=O)Nc1c(-c2ccccc2)n[nH]c1-c1ccco1. The highest BCUT2D eigenvalue weighted by atomic mass is 16.5. The van der Waals surface area contributed by atoms with Crippen molar-refractivity contribution < 1.29 is 13.9 Å². The first-order valence-corrected chi connectivity index (χ1v) is 8.40. The Labute approximate surface area is 155 Å². The molecule has 0 aliphatic rings. The third-order valence-electron chi connectivity index (χ3n) is 4.17. The van der Waals surface area contributed by atoms with Crippen LogP contribution in [0.2, 0.25) is 0 Å². The Morgan fingerprint density at radius 1 is 1.04 bits per heavy atom. The van der Waals surface area contributed by atoms with Gasteiger partial charge in [-0.15, -0.1) is 0 Å². The number of H-pyrrole nitrogens is 1. The van der Waals surface area contributed by atoms with E-state index in [1.807, 2.05) is 36.4 Å². The van der Waals surface area contributed by atoms with Gasteiger partial charge in [0, 0.05) is 5.56 Å². The minimum atomic E-state index is -0.293. The fourth-order valence-electron chi connectivity index (χ4n) is 2.88. The molecular formula is C21H17N3O3. The number of carbonyl (C=O) groups is 1. The molecule has 2 N–H and O–H groups in total. The Morgan fingerprint density at radius 3 is 2.56 bits per heavy atom. The molecule has 0 saturated heterocycles. The number of nitrogens with zero attached hydrogens (tertiary/aromatic N) is 1. The predicted molar refractivity (Wildman–Crippen MR) is 103 cm³/mol. The van der Waals surface area contributed by atoms with E-state index in [2.05, 4.69) is 15.5 Å². The van der Waals surface area contributed by atoms with Crippen LogP contribution in [-0.4, -0.2) is 23.2 Å². The minimum absolute atomic E-state index is 0.293. The normalized spacial score (nSPS) is 10.6. The molecule has 6 nitrogen and oxygen atoms in total. The summed E-state index contributed by atoms with van der Waals surface area (Å²) in [6, 6.07) is 20.3. The van der Waals surface area contributed by atoms with Crippen LogP contribution in [0.25, 0.3) is 22.7 Å². The van der Waals surface area contributed by atoms with Crippen LogP contribution in [0.3, 0.4) is 0 Å². The third-order valence-corrected chi connectivity index (χ3v) is 4.17. The summed E-state index contributed by atoms with van der Waals surface area (Å²) in [6.07, 6.45) is 1.57. The number of aromatic nitrogens is 2. The molecule has 1 amide bonds. The molecule has 134 valence electrons. The van der Waals surface area contributed by atoms with Gasteiger partial charge in [-0.25, -0.2) is 0 Å². The maximum atomic E-state index is 12.9. The molecule has 6 heteroatoms. The first-order valence-electron chi connectivity index (χ1n) is 8.40. The summed E-state index contributed by atoms with van der Waals surface area (Å²) >= 11 is 0. The molecular weight excluding hydrogens is 342 g/mol. The topological polar surface area (TPSA) is 80.1 Å². The maximum absolute atomic E-state index is 12.9. The molecule has 4 rings (SSSR count). The highest BCUT2D eigenvalue weighted by Gasteiger charge is 2.21. The van der Waals surface area contributed by atoms with Gasteiger partial charge in [0.2, 0.25) is 0 Å². The van der Waals surface area contributed by atoms with E-state index in [4.69, 9.17) is 9.15 Å². The monoisotopic (exact) mass is 359 g/mol. The number of furan rings is 1. The van der Waals surface area contributed by atoms with Crippen molar-refractivity contribution in [3.8, 4) is 28.5 Å². The van der Waals surface area contributed by atoms with Gasteiger partial charge in [0.25, 0.3) is 5.91 Å². The van der Waals surface area contributed by atoms with Gasteiger partial charge in [0.05, 0.1) is 24.6 Å². The summed E-state index contributed by atoms with van der Waals surface area (Å²) < 4.78 is 10.8. The fourth-order valence-corrected chi connectivity index (χ4v) is 2.88. The van der Waals surface area contributed by atoms with Gasteiger partial charge in [-0.3, -0.25) is 9.89 Å². The van der Waals surface area contributed by atoms with Crippen LogP contribution < -0.4 is 10.1 Å². The van der Waals surface area contributed by atoms with Crippen molar-refractivity contribution >= 4 is 11.6 Å². The number of methoxy groups -OCH3 is 1. The van der Waals surface area contributed by atoms with Crippen LogP contribution in [0.15, 0.2) is 77.4 Å². The second-order valence-electron chi connectivity index (χ2n) is 5.82. The van der Waals surface area contributed by atoms with Crippen LogP contribution in [0.5, 0.6) is 5.75 Å². The van der Waals surface area contributed by atoms with Crippen LogP contribution in [-0.2, 0) is 0 Å². The molecule has 0 spiro atoms. The molecule has 0 aliphatic heterocycles. The average molecular weight is 359 g/mol. The van der Waals surface area contributed by atoms with Gasteiger partial charge >= 0.3 is 0 Å². The number of hydrogen-bond acceptors (Lipinski definition) is 4.